The van der Waals surface area contributed by atoms with Gasteiger partial charge in [0.25, 0.3) is 0 Å². The first-order valence-electron chi connectivity index (χ1n) is 18.3. The van der Waals surface area contributed by atoms with Crippen LogP contribution >= 0.6 is 0 Å². The van der Waals surface area contributed by atoms with Gasteiger partial charge in [-0.3, -0.25) is 9.59 Å². The van der Waals surface area contributed by atoms with Gasteiger partial charge < -0.3 is 30.1 Å². The molecule has 2 amide bonds. The van der Waals surface area contributed by atoms with Crippen molar-refractivity contribution in [3.8, 4) is 11.1 Å². The first-order valence-corrected chi connectivity index (χ1v) is 18.3. The molecule has 8 heteroatoms. The van der Waals surface area contributed by atoms with Gasteiger partial charge in [0.2, 0.25) is 11.8 Å². The van der Waals surface area contributed by atoms with Gasteiger partial charge in [0, 0.05) is 44.5 Å². The number of rotatable bonds is 14. The van der Waals surface area contributed by atoms with E-state index >= 15 is 0 Å². The molecule has 0 unspecified atom stereocenters. The third-order valence-electron chi connectivity index (χ3n) is 9.90. The number of nitrogens with zero attached hydrogens (tertiary/aromatic N) is 1. The number of unbranched alkanes of at least 4 members (excludes halogenated alkanes) is 2. The van der Waals surface area contributed by atoms with Crippen LogP contribution in [-0.2, 0) is 32.2 Å². The van der Waals surface area contributed by atoms with Gasteiger partial charge >= 0.3 is 0 Å². The van der Waals surface area contributed by atoms with Crippen molar-refractivity contribution in [2.45, 2.75) is 103 Å². The number of hydrogen-bond acceptors (Lipinski definition) is 6. The van der Waals surface area contributed by atoms with Gasteiger partial charge in [-0.05, 0) is 72.7 Å². The fourth-order valence-electron chi connectivity index (χ4n) is 6.91. The Hall–Kier alpha value is -3.56. The molecule has 0 bridgehead atoms. The van der Waals surface area contributed by atoms with Crippen molar-refractivity contribution in [1.29, 1.82) is 0 Å². The number of ether oxygens (including phenoxy) is 2. The topological polar surface area (TPSA) is 100 Å². The van der Waals surface area contributed by atoms with E-state index in [-0.39, 0.29) is 36.5 Å². The molecule has 3 N–H and O–H groups in total. The minimum absolute atomic E-state index is 0.0175. The highest BCUT2D eigenvalue weighted by Crippen LogP contribution is 2.42. The Morgan fingerprint density at radius 2 is 1.51 bits per heavy atom. The summed E-state index contributed by atoms with van der Waals surface area (Å²) in [7, 11) is 0. The molecule has 0 radical (unpaired) electrons. The summed E-state index contributed by atoms with van der Waals surface area (Å²) >= 11 is 0. The van der Waals surface area contributed by atoms with E-state index in [1.165, 1.54) is 39.0 Å². The molecule has 0 spiro atoms. The summed E-state index contributed by atoms with van der Waals surface area (Å²) in [6.07, 6.45) is 8.92. The lowest BCUT2D eigenvalue weighted by molar-refractivity contribution is -0.276. The lowest BCUT2D eigenvalue weighted by Gasteiger charge is -2.43. The van der Waals surface area contributed by atoms with Crippen molar-refractivity contribution in [1.82, 2.24) is 15.5 Å². The largest absolute Gasteiger partial charge is 0.392 e. The number of nitrogens with one attached hydrogen (secondary N) is 2. The van der Waals surface area contributed by atoms with Crippen molar-refractivity contribution >= 4 is 11.8 Å². The standard InChI is InChI=1S/C41H55N3O5/c1-30-38(28-44-24-9-4-3-5-10-25-44)48-41(49-40(30)35-17-15-32(29-45)16-18-35)36-21-19-34(20-22-36)37-13-11-12-33(26-37)27-43-39(47)14-7-6-8-23-42-31(2)46/h11-13,15-22,26,30,38,40-41,45H,3-10,14,23-25,27-29H2,1-2H3,(H,42,46)(H,43,47)/t30-,38+,40+,41+/m1/s1. The Kier molecular flexibility index (Phi) is 14.2. The molecule has 0 saturated carbocycles. The number of aliphatic hydroxyl groups is 1. The second-order valence-electron chi connectivity index (χ2n) is 13.8. The second-order valence-corrected chi connectivity index (χ2v) is 13.8. The van der Waals surface area contributed by atoms with E-state index in [1.54, 1.807) is 0 Å². The van der Waals surface area contributed by atoms with Crippen LogP contribution in [0.15, 0.2) is 72.8 Å². The Morgan fingerprint density at radius 1 is 0.796 bits per heavy atom. The van der Waals surface area contributed by atoms with Gasteiger partial charge in [-0.1, -0.05) is 99.3 Å². The van der Waals surface area contributed by atoms with Gasteiger partial charge in [-0.15, -0.1) is 0 Å². The fraction of sp³-hybridized carbons (Fsp3) is 0.512. The number of carbonyl (C=O) groups is 2. The van der Waals surface area contributed by atoms with Crippen molar-refractivity contribution in [2.24, 2.45) is 5.92 Å². The van der Waals surface area contributed by atoms with Crippen LogP contribution in [0.25, 0.3) is 11.1 Å². The minimum atomic E-state index is -0.487. The Bertz CT molecular complexity index is 1450. The molecule has 2 fully saturated rings. The summed E-state index contributed by atoms with van der Waals surface area (Å²) in [6, 6.07) is 24.9. The summed E-state index contributed by atoms with van der Waals surface area (Å²) in [6.45, 7) is 8.05. The molecule has 2 aliphatic rings. The van der Waals surface area contributed by atoms with E-state index in [0.29, 0.717) is 19.5 Å². The first-order chi connectivity index (χ1) is 23.9. The number of hydrogen-bond donors (Lipinski definition) is 3. The number of likely N-dealkylation sites (tertiary alicyclic amines) is 1. The fourth-order valence-corrected chi connectivity index (χ4v) is 6.91. The van der Waals surface area contributed by atoms with E-state index < -0.39 is 6.29 Å². The molecule has 2 saturated heterocycles. The highest BCUT2D eigenvalue weighted by atomic mass is 16.7. The third-order valence-corrected chi connectivity index (χ3v) is 9.90. The molecule has 3 aromatic carbocycles. The maximum Gasteiger partial charge on any atom is 0.220 e. The highest BCUT2D eigenvalue weighted by Gasteiger charge is 2.39. The van der Waals surface area contributed by atoms with Crippen molar-refractivity contribution < 1.29 is 24.2 Å². The molecule has 49 heavy (non-hydrogen) atoms. The number of amides is 2. The van der Waals surface area contributed by atoms with Gasteiger partial charge in [-0.2, -0.15) is 0 Å². The SMILES string of the molecule is CC(=O)NCCCCCC(=O)NCc1cccc(-c2ccc([C@H]3O[C@@H](CN4CCCCCCC4)[C@@H](C)[C@@H](c4ccc(CO)cc4)O3)cc2)c1. The van der Waals surface area contributed by atoms with Crippen LogP contribution in [0.4, 0.5) is 0 Å². The molecule has 4 atom stereocenters. The smallest absolute Gasteiger partial charge is 0.220 e. The predicted molar refractivity (Wildman–Crippen MR) is 193 cm³/mol. The van der Waals surface area contributed by atoms with Crippen molar-refractivity contribution in [3.05, 3.63) is 95.1 Å². The zero-order chi connectivity index (χ0) is 34.4. The molecule has 3 aromatic rings. The average Bonchev–Trinajstić information content (AvgIpc) is 3.11. The van der Waals surface area contributed by atoms with Crippen LogP contribution in [0.2, 0.25) is 0 Å². The van der Waals surface area contributed by atoms with Crippen LogP contribution < -0.4 is 10.6 Å². The first kappa shape index (κ1) is 36.7. The van der Waals surface area contributed by atoms with Crippen LogP contribution in [0.1, 0.15) is 106 Å². The lowest BCUT2D eigenvalue weighted by atomic mass is 9.89. The summed E-state index contributed by atoms with van der Waals surface area (Å²) < 4.78 is 13.5. The molecule has 8 nitrogen and oxygen atoms in total. The van der Waals surface area contributed by atoms with Crippen molar-refractivity contribution in [2.75, 3.05) is 26.2 Å². The van der Waals surface area contributed by atoms with E-state index in [4.69, 9.17) is 9.47 Å². The lowest BCUT2D eigenvalue weighted by Crippen LogP contribution is -2.45. The zero-order valence-electron chi connectivity index (χ0n) is 29.4. The molecule has 0 aromatic heterocycles. The van der Waals surface area contributed by atoms with Crippen LogP contribution in [0, 0.1) is 5.92 Å². The maximum atomic E-state index is 12.4. The Morgan fingerprint density at radius 3 is 2.22 bits per heavy atom. The van der Waals surface area contributed by atoms with Gasteiger partial charge in [0.05, 0.1) is 18.8 Å². The van der Waals surface area contributed by atoms with E-state index in [2.05, 4.69) is 71.0 Å². The molecule has 0 aliphatic carbocycles. The van der Waals surface area contributed by atoms with E-state index in [1.807, 2.05) is 24.3 Å². The number of benzene rings is 3. The minimum Gasteiger partial charge on any atom is -0.392 e. The zero-order valence-corrected chi connectivity index (χ0v) is 29.4. The number of aliphatic hydroxyl groups excluding tert-OH is 1. The maximum absolute atomic E-state index is 12.4. The molecular weight excluding hydrogens is 614 g/mol. The van der Waals surface area contributed by atoms with Gasteiger partial charge in [0.15, 0.2) is 6.29 Å². The summed E-state index contributed by atoms with van der Waals surface area (Å²) in [5.41, 5.74) is 6.23. The quantitative estimate of drug-likeness (QED) is 0.157. The molecule has 2 aliphatic heterocycles. The van der Waals surface area contributed by atoms with Gasteiger partial charge in [-0.25, -0.2) is 0 Å². The normalized spacial score (nSPS) is 21.8. The van der Waals surface area contributed by atoms with Crippen LogP contribution in [0.5, 0.6) is 0 Å². The van der Waals surface area contributed by atoms with E-state index in [9.17, 15) is 14.7 Å². The monoisotopic (exact) mass is 669 g/mol. The second kappa shape index (κ2) is 19.0. The predicted octanol–water partition coefficient (Wildman–Crippen LogP) is 7.22. The molecule has 2 heterocycles. The molecule has 264 valence electrons. The summed E-state index contributed by atoms with van der Waals surface area (Å²) in [4.78, 5) is 26.0. The van der Waals surface area contributed by atoms with Crippen LogP contribution in [-0.4, -0.2) is 54.1 Å². The van der Waals surface area contributed by atoms with Crippen LogP contribution in [0.3, 0.4) is 0 Å². The summed E-state index contributed by atoms with van der Waals surface area (Å²) in [5, 5.41) is 15.4. The molecule has 5 rings (SSSR count). The van der Waals surface area contributed by atoms with Gasteiger partial charge in [0.1, 0.15) is 0 Å². The number of carbonyl (C=O) groups excluding carboxylic acids is 2. The third kappa shape index (κ3) is 11.2. The van der Waals surface area contributed by atoms with Crippen molar-refractivity contribution in [3.63, 3.8) is 0 Å². The Labute approximate surface area is 292 Å². The Balaban J connectivity index is 1.22. The summed E-state index contributed by atoms with van der Waals surface area (Å²) in [5.74, 6) is 0.193. The molecular formula is C41H55N3O5. The van der Waals surface area contributed by atoms with E-state index in [0.717, 1.165) is 72.3 Å². The average molecular weight is 670 g/mol. The highest BCUT2D eigenvalue weighted by molar-refractivity contribution is 5.76.